The fourth-order valence-corrected chi connectivity index (χ4v) is 3.04. The first-order valence-electron chi connectivity index (χ1n) is 7.65. The highest BCUT2D eigenvalue weighted by atomic mass is 79.9. The highest BCUT2D eigenvalue weighted by molar-refractivity contribution is 9.10. The molecule has 1 aliphatic heterocycles. The van der Waals surface area contributed by atoms with Crippen molar-refractivity contribution in [3.05, 3.63) is 28.5 Å². The Kier molecular flexibility index (Phi) is 5.81. The van der Waals surface area contributed by atoms with Crippen LogP contribution < -0.4 is 5.32 Å². The van der Waals surface area contributed by atoms with Gasteiger partial charge in [0.05, 0.1) is 0 Å². The average molecular weight is 370 g/mol. The lowest BCUT2D eigenvalue weighted by atomic mass is 10.2. The van der Waals surface area contributed by atoms with Crippen LogP contribution in [-0.2, 0) is 11.3 Å². The van der Waals surface area contributed by atoms with E-state index in [0.29, 0.717) is 12.6 Å². The number of carbonyl (C=O) groups excluding carboxylic acids is 1. The van der Waals surface area contributed by atoms with Crippen LogP contribution in [0.2, 0.25) is 0 Å². The predicted octanol–water partition coefficient (Wildman–Crippen LogP) is 3.33. The number of hydrogen-bond acceptors (Lipinski definition) is 4. The maximum Gasteiger partial charge on any atom is 0.407 e. The summed E-state index contributed by atoms with van der Waals surface area (Å²) in [6, 6.07) is 4.43. The second kappa shape index (κ2) is 7.42. The summed E-state index contributed by atoms with van der Waals surface area (Å²) >= 11 is 3.40. The standard InChI is InChI=1S/C16H24BrN3O2/c1-16(2,3)22-15(21)19-10-13-5-4-8-20(13)11-12-6-7-18-14(17)9-12/h6-7,9,13H,4-5,8,10-11H2,1-3H3,(H,19,21). The molecule has 2 heterocycles. The van der Waals surface area contributed by atoms with Gasteiger partial charge in [0.2, 0.25) is 0 Å². The Labute approximate surface area is 140 Å². The zero-order valence-corrected chi connectivity index (χ0v) is 15.0. The van der Waals surface area contributed by atoms with E-state index < -0.39 is 5.60 Å². The van der Waals surface area contributed by atoms with Gasteiger partial charge in [-0.3, -0.25) is 4.90 Å². The van der Waals surface area contributed by atoms with Crippen molar-refractivity contribution in [3.63, 3.8) is 0 Å². The monoisotopic (exact) mass is 369 g/mol. The van der Waals surface area contributed by atoms with Crippen molar-refractivity contribution in [1.29, 1.82) is 0 Å². The molecule has 0 bridgehead atoms. The van der Waals surface area contributed by atoms with Crippen LogP contribution in [0.4, 0.5) is 4.79 Å². The second-order valence-corrected chi connectivity index (χ2v) is 7.45. The fourth-order valence-electron chi connectivity index (χ4n) is 2.63. The number of rotatable bonds is 4. The Bertz CT molecular complexity index is 516. The van der Waals surface area contributed by atoms with E-state index in [0.717, 1.165) is 30.5 Å². The van der Waals surface area contributed by atoms with Crippen molar-refractivity contribution in [2.45, 2.75) is 51.8 Å². The molecular formula is C16H24BrN3O2. The third-order valence-corrected chi connectivity index (χ3v) is 3.99. The molecule has 22 heavy (non-hydrogen) atoms. The molecule has 1 aromatic rings. The molecule has 0 spiro atoms. The average Bonchev–Trinajstić information content (AvgIpc) is 2.82. The summed E-state index contributed by atoms with van der Waals surface area (Å²) in [5.74, 6) is 0. The van der Waals surface area contributed by atoms with Gasteiger partial charge in [0.25, 0.3) is 0 Å². The number of halogens is 1. The molecule has 0 saturated carbocycles. The zero-order chi connectivity index (χ0) is 16.2. The molecule has 2 rings (SSSR count). The van der Waals surface area contributed by atoms with Crippen LogP contribution in [0.1, 0.15) is 39.2 Å². The van der Waals surface area contributed by atoms with Crippen molar-refractivity contribution < 1.29 is 9.53 Å². The van der Waals surface area contributed by atoms with Crippen LogP contribution >= 0.6 is 15.9 Å². The molecular weight excluding hydrogens is 346 g/mol. The Hall–Kier alpha value is -1.14. The Morgan fingerprint density at radius 2 is 2.32 bits per heavy atom. The molecule has 1 fully saturated rings. The lowest BCUT2D eigenvalue weighted by Gasteiger charge is -2.26. The lowest BCUT2D eigenvalue weighted by Crippen LogP contribution is -2.41. The molecule has 0 aromatic carbocycles. The zero-order valence-electron chi connectivity index (χ0n) is 13.4. The number of nitrogens with one attached hydrogen (secondary N) is 1. The van der Waals surface area contributed by atoms with Crippen molar-refractivity contribution in [1.82, 2.24) is 15.2 Å². The van der Waals surface area contributed by atoms with Gasteiger partial charge in [-0.2, -0.15) is 0 Å². The van der Waals surface area contributed by atoms with E-state index in [-0.39, 0.29) is 6.09 Å². The van der Waals surface area contributed by atoms with Crippen molar-refractivity contribution in [2.75, 3.05) is 13.1 Å². The summed E-state index contributed by atoms with van der Waals surface area (Å²) in [7, 11) is 0. The Balaban J connectivity index is 1.84. The SMILES string of the molecule is CC(C)(C)OC(=O)NCC1CCCN1Cc1ccnc(Br)c1. The minimum Gasteiger partial charge on any atom is -0.444 e. The van der Waals surface area contributed by atoms with Gasteiger partial charge in [-0.1, -0.05) is 0 Å². The first-order valence-corrected chi connectivity index (χ1v) is 8.44. The minimum absolute atomic E-state index is 0.342. The predicted molar refractivity (Wildman–Crippen MR) is 89.6 cm³/mol. The fraction of sp³-hybridized carbons (Fsp3) is 0.625. The first-order chi connectivity index (χ1) is 10.3. The van der Waals surface area contributed by atoms with Gasteiger partial charge in [-0.15, -0.1) is 0 Å². The molecule has 1 N–H and O–H groups in total. The van der Waals surface area contributed by atoms with E-state index in [9.17, 15) is 4.79 Å². The van der Waals surface area contributed by atoms with E-state index >= 15 is 0 Å². The number of aromatic nitrogens is 1. The lowest BCUT2D eigenvalue weighted by molar-refractivity contribution is 0.0512. The van der Waals surface area contributed by atoms with Gasteiger partial charge >= 0.3 is 6.09 Å². The van der Waals surface area contributed by atoms with E-state index in [2.05, 4.69) is 31.1 Å². The smallest absolute Gasteiger partial charge is 0.407 e. The summed E-state index contributed by atoms with van der Waals surface area (Å²) in [5.41, 5.74) is 0.772. The summed E-state index contributed by atoms with van der Waals surface area (Å²) in [4.78, 5) is 18.3. The highest BCUT2D eigenvalue weighted by Crippen LogP contribution is 2.20. The Morgan fingerprint density at radius 1 is 1.55 bits per heavy atom. The molecule has 1 aromatic heterocycles. The van der Waals surface area contributed by atoms with Crippen LogP contribution in [0.5, 0.6) is 0 Å². The Morgan fingerprint density at radius 3 is 3.00 bits per heavy atom. The van der Waals surface area contributed by atoms with Gasteiger partial charge < -0.3 is 10.1 Å². The number of ether oxygens (including phenoxy) is 1. The van der Waals surface area contributed by atoms with E-state index in [1.165, 1.54) is 5.56 Å². The molecule has 0 aliphatic carbocycles. The number of carbonyl (C=O) groups is 1. The van der Waals surface area contributed by atoms with E-state index in [1.807, 2.05) is 39.1 Å². The van der Waals surface area contributed by atoms with Crippen LogP contribution in [0.3, 0.4) is 0 Å². The van der Waals surface area contributed by atoms with Crippen molar-refractivity contribution in [3.8, 4) is 0 Å². The van der Waals surface area contributed by atoms with E-state index in [4.69, 9.17) is 4.74 Å². The second-order valence-electron chi connectivity index (χ2n) is 6.64. The number of likely N-dealkylation sites (tertiary alicyclic amines) is 1. The van der Waals surface area contributed by atoms with Crippen molar-refractivity contribution >= 4 is 22.0 Å². The van der Waals surface area contributed by atoms with Gasteiger partial charge in [0, 0.05) is 25.3 Å². The van der Waals surface area contributed by atoms with Gasteiger partial charge in [0.15, 0.2) is 0 Å². The van der Waals surface area contributed by atoms with E-state index in [1.54, 1.807) is 0 Å². The largest absolute Gasteiger partial charge is 0.444 e. The molecule has 1 amide bonds. The number of alkyl carbamates (subject to hydrolysis) is 1. The molecule has 1 atom stereocenters. The minimum atomic E-state index is -0.456. The summed E-state index contributed by atoms with van der Waals surface area (Å²) < 4.78 is 6.14. The normalized spacial score (nSPS) is 19.2. The highest BCUT2D eigenvalue weighted by Gasteiger charge is 2.25. The molecule has 1 unspecified atom stereocenters. The number of nitrogens with zero attached hydrogens (tertiary/aromatic N) is 2. The topological polar surface area (TPSA) is 54.5 Å². The number of pyridine rings is 1. The third-order valence-electron chi connectivity index (χ3n) is 3.56. The molecule has 1 saturated heterocycles. The molecule has 1 aliphatic rings. The maximum atomic E-state index is 11.8. The van der Waals surface area contributed by atoms with Crippen LogP contribution in [0.25, 0.3) is 0 Å². The maximum absolute atomic E-state index is 11.8. The summed E-state index contributed by atoms with van der Waals surface area (Å²) in [5, 5.41) is 2.88. The summed E-state index contributed by atoms with van der Waals surface area (Å²) in [6.07, 6.45) is 3.73. The first kappa shape index (κ1) is 17.2. The van der Waals surface area contributed by atoms with Gasteiger partial charge in [0.1, 0.15) is 10.2 Å². The van der Waals surface area contributed by atoms with Crippen LogP contribution in [0.15, 0.2) is 22.9 Å². The van der Waals surface area contributed by atoms with Gasteiger partial charge in [-0.25, -0.2) is 9.78 Å². The van der Waals surface area contributed by atoms with Crippen LogP contribution in [-0.4, -0.2) is 40.7 Å². The van der Waals surface area contributed by atoms with Gasteiger partial charge in [-0.05, 0) is 73.8 Å². The quantitative estimate of drug-likeness (QED) is 0.826. The number of hydrogen-bond donors (Lipinski definition) is 1. The number of amides is 1. The summed E-state index contributed by atoms with van der Waals surface area (Å²) in [6.45, 7) is 8.17. The molecule has 5 nitrogen and oxygen atoms in total. The van der Waals surface area contributed by atoms with Crippen molar-refractivity contribution in [2.24, 2.45) is 0 Å². The molecule has 6 heteroatoms. The third kappa shape index (κ3) is 5.57. The molecule has 0 radical (unpaired) electrons. The van der Waals surface area contributed by atoms with Crippen LogP contribution in [0, 0.1) is 0 Å². The molecule has 122 valence electrons.